The first-order valence-corrected chi connectivity index (χ1v) is 10.4. The second-order valence-electron chi connectivity index (χ2n) is 7.48. The smallest absolute Gasteiger partial charge is 0.0182 e. The second kappa shape index (κ2) is 14.5. The molecule has 0 bridgehead atoms. The van der Waals surface area contributed by atoms with E-state index in [2.05, 4.69) is 27.7 Å². The summed E-state index contributed by atoms with van der Waals surface area (Å²) in [6, 6.07) is 0. The van der Waals surface area contributed by atoms with Crippen LogP contribution in [0.3, 0.4) is 0 Å². The first kappa shape index (κ1) is 22.0. The molecule has 0 saturated carbocycles. The Balaban J connectivity index is 4.40. The average molecular weight is 312 g/mol. The highest BCUT2D eigenvalue weighted by molar-refractivity contribution is 4.91. The van der Waals surface area contributed by atoms with Gasteiger partial charge in [0.15, 0.2) is 0 Å². The lowest BCUT2D eigenvalue weighted by Gasteiger charge is -2.38. The summed E-state index contributed by atoms with van der Waals surface area (Å²) < 4.78 is 0. The molecule has 0 aromatic rings. The number of nitrogens with two attached hydrogens (primary N) is 1. The van der Waals surface area contributed by atoms with Gasteiger partial charge in [0.1, 0.15) is 0 Å². The summed E-state index contributed by atoms with van der Waals surface area (Å²) in [7, 11) is 0. The van der Waals surface area contributed by atoms with E-state index in [9.17, 15) is 0 Å². The number of unbranched alkanes of at least 4 members (excludes halogenated alkanes) is 7. The fourth-order valence-electron chi connectivity index (χ4n) is 3.78. The van der Waals surface area contributed by atoms with Crippen LogP contribution in [0.25, 0.3) is 0 Å². The Morgan fingerprint density at radius 1 is 0.591 bits per heavy atom. The molecule has 1 nitrogen and oxygen atoms in total. The van der Waals surface area contributed by atoms with Gasteiger partial charge in [0.25, 0.3) is 0 Å². The maximum absolute atomic E-state index is 6.96. The molecule has 2 N–H and O–H groups in total. The fraction of sp³-hybridized carbons (Fsp3) is 1.00. The van der Waals surface area contributed by atoms with Crippen LogP contribution >= 0.6 is 0 Å². The monoisotopic (exact) mass is 311 g/mol. The van der Waals surface area contributed by atoms with Crippen molar-refractivity contribution in [3.05, 3.63) is 0 Å². The van der Waals surface area contributed by atoms with Crippen molar-refractivity contribution in [3.63, 3.8) is 0 Å². The molecule has 0 spiro atoms. The van der Waals surface area contributed by atoms with Crippen LogP contribution in [-0.4, -0.2) is 5.54 Å². The third-order valence-corrected chi connectivity index (χ3v) is 5.35. The van der Waals surface area contributed by atoms with Crippen LogP contribution in [-0.2, 0) is 0 Å². The molecule has 1 unspecified atom stereocenters. The summed E-state index contributed by atoms with van der Waals surface area (Å²) >= 11 is 0. The predicted octanol–water partition coefficient (Wildman–Crippen LogP) is 7.23. The molecule has 0 radical (unpaired) electrons. The van der Waals surface area contributed by atoms with Crippen molar-refractivity contribution in [2.75, 3.05) is 0 Å². The highest BCUT2D eigenvalue weighted by Crippen LogP contribution is 2.34. The molecule has 0 aromatic heterocycles. The van der Waals surface area contributed by atoms with E-state index >= 15 is 0 Å². The summed E-state index contributed by atoms with van der Waals surface area (Å²) in [5, 5.41) is 0. The Morgan fingerprint density at radius 3 is 1.59 bits per heavy atom. The van der Waals surface area contributed by atoms with Crippen molar-refractivity contribution in [2.45, 2.75) is 130 Å². The van der Waals surface area contributed by atoms with Gasteiger partial charge in [-0.15, -0.1) is 0 Å². The molecule has 0 aromatic carbocycles. The quantitative estimate of drug-likeness (QED) is 0.299. The lowest BCUT2D eigenvalue weighted by molar-refractivity contribution is 0.195. The maximum atomic E-state index is 6.96. The molecule has 22 heavy (non-hydrogen) atoms. The third kappa shape index (κ3) is 9.87. The molecular formula is C21H45N. The third-order valence-electron chi connectivity index (χ3n) is 5.35. The van der Waals surface area contributed by atoms with E-state index in [0.717, 1.165) is 5.92 Å². The lowest BCUT2D eigenvalue weighted by atomic mass is 9.72. The van der Waals surface area contributed by atoms with Crippen molar-refractivity contribution in [3.8, 4) is 0 Å². The van der Waals surface area contributed by atoms with E-state index in [4.69, 9.17) is 5.73 Å². The summed E-state index contributed by atoms with van der Waals surface area (Å²) in [4.78, 5) is 0. The predicted molar refractivity (Wildman–Crippen MR) is 102 cm³/mol. The first-order chi connectivity index (χ1) is 10.6. The van der Waals surface area contributed by atoms with E-state index in [1.54, 1.807) is 0 Å². The summed E-state index contributed by atoms with van der Waals surface area (Å²) in [6.45, 7) is 9.21. The molecule has 0 aliphatic rings. The minimum absolute atomic E-state index is 0.117. The average Bonchev–Trinajstić information content (AvgIpc) is 2.53. The van der Waals surface area contributed by atoms with Gasteiger partial charge in [0, 0.05) is 5.54 Å². The fourth-order valence-corrected chi connectivity index (χ4v) is 3.78. The van der Waals surface area contributed by atoms with Crippen LogP contribution in [0.15, 0.2) is 0 Å². The molecule has 0 amide bonds. The van der Waals surface area contributed by atoms with Gasteiger partial charge in [-0.3, -0.25) is 0 Å². The Morgan fingerprint density at radius 2 is 1.09 bits per heavy atom. The normalized spacial score (nSPS) is 13.5. The van der Waals surface area contributed by atoms with E-state index in [0.29, 0.717) is 0 Å². The highest BCUT2D eigenvalue weighted by Gasteiger charge is 2.32. The van der Waals surface area contributed by atoms with Gasteiger partial charge in [-0.2, -0.15) is 0 Å². The molecule has 1 heteroatoms. The van der Waals surface area contributed by atoms with Gasteiger partial charge in [0.05, 0.1) is 0 Å². The zero-order chi connectivity index (χ0) is 16.7. The van der Waals surface area contributed by atoms with Crippen molar-refractivity contribution in [1.29, 1.82) is 0 Å². The van der Waals surface area contributed by atoms with Gasteiger partial charge in [-0.1, -0.05) is 98.3 Å². The van der Waals surface area contributed by atoms with Crippen LogP contribution in [0.5, 0.6) is 0 Å². The lowest BCUT2D eigenvalue weighted by Crippen LogP contribution is -2.47. The molecule has 0 fully saturated rings. The molecule has 0 aliphatic carbocycles. The summed E-state index contributed by atoms with van der Waals surface area (Å²) in [6.07, 6.45) is 20.0. The largest absolute Gasteiger partial charge is 0.325 e. The minimum Gasteiger partial charge on any atom is -0.325 e. The van der Waals surface area contributed by atoms with Crippen LogP contribution < -0.4 is 5.73 Å². The molecular weight excluding hydrogens is 266 g/mol. The number of rotatable bonds is 16. The number of hydrogen-bond acceptors (Lipinski definition) is 1. The molecule has 0 heterocycles. The summed E-state index contributed by atoms with van der Waals surface area (Å²) in [5.74, 6) is 0.752. The zero-order valence-corrected chi connectivity index (χ0v) is 16.3. The summed E-state index contributed by atoms with van der Waals surface area (Å²) in [5.41, 5.74) is 7.08. The van der Waals surface area contributed by atoms with Gasteiger partial charge in [0.2, 0.25) is 0 Å². The second-order valence-corrected chi connectivity index (χ2v) is 7.48. The zero-order valence-electron chi connectivity index (χ0n) is 16.3. The van der Waals surface area contributed by atoms with E-state index in [1.165, 1.54) is 96.3 Å². The van der Waals surface area contributed by atoms with E-state index in [-0.39, 0.29) is 5.54 Å². The van der Waals surface area contributed by atoms with Crippen molar-refractivity contribution >= 4 is 0 Å². The molecule has 1 atom stereocenters. The Labute approximate surface area is 141 Å². The van der Waals surface area contributed by atoms with Crippen molar-refractivity contribution in [1.82, 2.24) is 0 Å². The van der Waals surface area contributed by atoms with Gasteiger partial charge >= 0.3 is 0 Å². The Bertz CT molecular complexity index is 216. The molecule has 0 aliphatic heterocycles. The minimum atomic E-state index is 0.117. The van der Waals surface area contributed by atoms with Gasteiger partial charge in [-0.05, 0) is 31.6 Å². The van der Waals surface area contributed by atoms with Crippen molar-refractivity contribution < 1.29 is 0 Å². The molecule has 134 valence electrons. The maximum Gasteiger partial charge on any atom is 0.0182 e. The van der Waals surface area contributed by atoms with Gasteiger partial charge in [-0.25, -0.2) is 0 Å². The van der Waals surface area contributed by atoms with Crippen molar-refractivity contribution in [2.24, 2.45) is 11.7 Å². The Kier molecular flexibility index (Phi) is 14.5. The SMILES string of the molecule is CCCCCCCCC(CCC)C(N)(CCCC)CCCC. The molecule has 0 rings (SSSR count). The number of hydrogen-bond donors (Lipinski definition) is 1. The van der Waals surface area contributed by atoms with Crippen LogP contribution in [0.4, 0.5) is 0 Å². The van der Waals surface area contributed by atoms with Crippen LogP contribution in [0, 0.1) is 5.92 Å². The van der Waals surface area contributed by atoms with Crippen LogP contribution in [0.1, 0.15) is 124 Å². The van der Waals surface area contributed by atoms with E-state index < -0.39 is 0 Å². The topological polar surface area (TPSA) is 26.0 Å². The van der Waals surface area contributed by atoms with Gasteiger partial charge < -0.3 is 5.73 Å². The Hall–Kier alpha value is -0.0400. The van der Waals surface area contributed by atoms with Crippen LogP contribution in [0.2, 0.25) is 0 Å². The molecule has 0 saturated heterocycles. The highest BCUT2D eigenvalue weighted by atomic mass is 14.8. The first-order valence-electron chi connectivity index (χ1n) is 10.4. The standard InChI is InChI=1S/C21H45N/c1-5-9-12-13-14-15-17-20(16-8-4)21(22,18-10-6-2)19-11-7-3/h20H,5-19,22H2,1-4H3. The van der Waals surface area contributed by atoms with E-state index in [1.807, 2.05) is 0 Å².